The lowest BCUT2D eigenvalue weighted by Crippen LogP contribution is -2.32. The SMILES string of the molecule is COc1ccc(C2CC(C(=O)NCCSSCCC(=O)O)=NO2)cc1. The van der Waals surface area contributed by atoms with Crippen molar-refractivity contribution < 1.29 is 24.3 Å². The fraction of sp³-hybridized carbons (Fsp3) is 0.438. The van der Waals surface area contributed by atoms with Crippen LogP contribution >= 0.6 is 21.6 Å². The Morgan fingerprint density at radius 1 is 1.32 bits per heavy atom. The van der Waals surface area contributed by atoms with Crippen LogP contribution in [0.15, 0.2) is 29.4 Å². The molecule has 0 aliphatic carbocycles. The quantitative estimate of drug-likeness (QED) is 0.472. The lowest BCUT2D eigenvalue weighted by atomic mass is 10.0. The van der Waals surface area contributed by atoms with Gasteiger partial charge in [0.2, 0.25) is 0 Å². The third kappa shape index (κ3) is 6.50. The van der Waals surface area contributed by atoms with E-state index in [1.807, 2.05) is 24.3 Å². The second kappa shape index (κ2) is 10.2. The molecule has 0 bridgehead atoms. The first kappa shape index (κ1) is 19.5. The van der Waals surface area contributed by atoms with Gasteiger partial charge in [-0.2, -0.15) is 0 Å². The molecule has 0 saturated carbocycles. The molecule has 9 heteroatoms. The molecule has 136 valence electrons. The fourth-order valence-corrected chi connectivity index (χ4v) is 3.95. The normalized spacial score (nSPS) is 16.0. The molecular weight excluding hydrogens is 364 g/mol. The highest BCUT2D eigenvalue weighted by Crippen LogP contribution is 2.28. The van der Waals surface area contributed by atoms with Crippen molar-refractivity contribution in [1.29, 1.82) is 0 Å². The second-order valence-electron chi connectivity index (χ2n) is 5.15. The molecule has 0 aromatic heterocycles. The number of carboxylic acids is 1. The Bertz CT molecular complexity index is 621. The van der Waals surface area contributed by atoms with Crippen molar-refractivity contribution in [2.45, 2.75) is 18.9 Å². The van der Waals surface area contributed by atoms with E-state index >= 15 is 0 Å². The van der Waals surface area contributed by atoms with Gasteiger partial charge in [-0.3, -0.25) is 9.59 Å². The number of hydrogen-bond donors (Lipinski definition) is 2. The van der Waals surface area contributed by atoms with Gasteiger partial charge in [0.05, 0.1) is 13.5 Å². The molecule has 0 radical (unpaired) electrons. The monoisotopic (exact) mass is 384 g/mol. The molecule has 1 amide bonds. The van der Waals surface area contributed by atoms with E-state index in [2.05, 4.69) is 10.5 Å². The van der Waals surface area contributed by atoms with Crippen molar-refractivity contribution in [2.24, 2.45) is 5.16 Å². The number of nitrogens with zero attached hydrogens (tertiary/aromatic N) is 1. The van der Waals surface area contributed by atoms with Gasteiger partial charge in [-0.1, -0.05) is 38.9 Å². The van der Waals surface area contributed by atoms with Crippen molar-refractivity contribution in [3.8, 4) is 5.75 Å². The van der Waals surface area contributed by atoms with Crippen LogP contribution in [0.1, 0.15) is 24.5 Å². The number of carbonyl (C=O) groups is 2. The number of aliphatic carboxylic acids is 1. The highest BCUT2D eigenvalue weighted by atomic mass is 33.1. The maximum Gasteiger partial charge on any atom is 0.304 e. The largest absolute Gasteiger partial charge is 0.497 e. The van der Waals surface area contributed by atoms with E-state index in [0.29, 0.717) is 30.2 Å². The van der Waals surface area contributed by atoms with Crippen molar-refractivity contribution in [3.05, 3.63) is 29.8 Å². The van der Waals surface area contributed by atoms with Gasteiger partial charge in [-0.25, -0.2) is 0 Å². The van der Waals surface area contributed by atoms with E-state index in [4.69, 9.17) is 14.7 Å². The number of amides is 1. The number of methoxy groups -OCH3 is 1. The minimum absolute atomic E-state index is 0.144. The molecule has 25 heavy (non-hydrogen) atoms. The number of rotatable bonds is 10. The number of benzene rings is 1. The van der Waals surface area contributed by atoms with Crippen LogP contribution < -0.4 is 10.1 Å². The highest BCUT2D eigenvalue weighted by Gasteiger charge is 2.27. The minimum Gasteiger partial charge on any atom is -0.497 e. The van der Waals surface area contributed by atoms with Crippen molar-refractivity contribution in [1.82, 2.24) is 5.32 Å². The number of hydrogen-bond acceptors (Lipinski definition) is 7. The number of ether oxygens (including phenoxy) is 1. The maximum absolute atomic E-state index is 12.1. The number of carbonyl (C=O) groups excluding carboxylic acids is 1. The van der Waals surface area contributed by atoms with Crippen LogP contribution in [-0.4, -0.2) is 47.9 Å². The van der Waals surface area contributed by atoms with Gasteiger partial charge in [0.1, 0.15) is 11.5 Å². The summed E-state index contributed by atoms with van der Waals surface area (Å²) in [6.45, 7) is 0.496. The van der Waals surface area contributed by atoms with E-state index in [9.17, 15) is 9.59 Å². The third-order valence-electron chi connectivity index (χ3n) is 3.37. The molecule has 7 nitrogen and oxygen atoms in total. The van der Waals surface area contributed by atoms with Gasteiger partial charge in [-0.15, -0.1) is 0 Å². The average Bonchev–Trinajstić information content (AvgIpc) is 3.10. The van der Waals surface area contributed by atoms with Crippen LogP contribution in [0.5, 0.6) is 5.75 Å². The Kier molecular flexibility index (Phi) is 7.93. The van der Waals surface area contributed by atoms with Crippen LogP contribution in [0, 0.1) is 0 Å². The standard InChI is InChI=1S/C16H20N2O5S2/c1-22-12-4-2-11(3-5-12)14-10-13(18-23-14)16(21)17-7-9-25-24-8-6-15(19)20/h2-5,14H,6-10H2,1H3,(H,17,21)(H,19,20). The van der Waals surface area contributed by atoms with E-state index in [1.165, 1.54) is 21.6 Å². The summed E-state index contributed by atoms with van der Waals surface area (Å²) in [7, 11) is 4.63. The molecule has 0 spiro atoms. The summed E-state index contributed by atoms with van der Waals surface area (Å²) in [5.41, 5.74) is 1.32. The lowest BCUT2D eigenvalue weighted by Gasteiger charge is -2.09. The van der Waals surface area contributed by atoms with Gasteiger partial charge in [-0.05, 0) is 17.7 Å². The first-order chi connectivity index (χ1) is 12.1. The van der Waals surface area contributed by atoms with Crippen LogP contribution in [0.25, 0.3) is 0 Å². The van der Waals surface area contributed by atoms with Gasteiger partial charge in [0.25, 0.3) is 5.91 Å². The average molecular weight is 384 g/mol. The summed E-state index contributed by atoms with van der Waals surface area (Å²) in [4.78, 5) is 27.8. The zero-order valence-electron chi connectivity index (χ0n) is 13.8. The Balaban J connectivity index is 1.65. The van der Waals surface area contributed by atoms with Gasteiger partial charge < -0.3 is 20.0 Å². The number of carboxylic acid groups (broad SMARTS) is 1. The van der Waals surface area contributed by atoms with E-state index in [0.717, 1.165) is 11.3 Å². The smallest absolute Gasteiger partial charge is 0.304 e. The Labute approximate surface area is 153 Å². The van der Waals surface area contributed by atoms with Gasteiger partial charge in [0.15, 0.2) is 6.10 Å². The van der Waals surface area contributed by atoms with E-state index in [1.54, 1.807) is 7.11 Å². The molecule has 2 N–H and O–H groups in total. The minimum atomic E-state index is -0.799. The summed E-state index contributed by atoms with van der Waals surface area (Å²) in [6.07, 6.45) is 0.316. The Morgan fingerprint density at radius 3 is 2.72 bits per heavy atom. The topological polar surface area (TPSA) is 97.2 Å². The molecule has 1 aliphatic heterocycles. The van der Waals surface area contributed by atoms with Crippen molar-refractivity contribution in [2.75, 3.05) is 25.2 Å². The molecule has 1 unspecified atom stereocenters. The molecule has 0 fully saturated rings. The first-order valence-electron chi connectivity index (χ1n) is 7.71. The summed E-state index contributed by atoms with van der Waals surface area (Å²) >= 11 is 0. The summed E-state index contributed by atoms with van der Waals surface area (Å²) in [5, 5.41) is 15.2. The molecule has 1 aliphatic rings. The number of oxime groups is 1. The predicted octanol–water partition coefficient (Wildman–Crippen LogP) is 2.48. The van der Waals surface area contributed by atoms with Gasteiger partial charge >= 0.3 is 5.97 Å². The zero-order chi connectivity index (χ0) is 18.1. The molecule has 1 aromatic rings. The highest BCUT2D eigenvalue weighted by molar-refractivity contribution is 8.76. The Morgan fingerprint density at radius 2 is 2.04 bits per heavy atom. The Hall–Kier alpha value is -1.87. The predicted molar refractivity (Wildman–Crippen MR) is 99.1 cm³/mol. The first-order valence-corrected chi connectivity index (χ1v) is 10.2. The lowest BCUT2D eigenvalue weighted by molar-refractivity contribution is -0.136. The van der Waals surface area contributed by atoms with Crippen LogP contribution in [0.3, 0.4) is 0 Å². The van der Waals surface area contributed by atoms with E-state index in [-0.39, 0.29) is 18.4 Å². The molecule has 1 atom stereocenters. The molecular formula is C16H20N2O5S2. The van der Waals surface area contributed by atoms with Gasteiger partial charge in [0, 0.05) is 24.5 Å². The molecule has 0 saturated heterocycles. The molecule has 1 aromatic carbocycles. The van der Waals surface area contributed by atoms with Crippen LogP contribution in [0.4, 0.5) is 0 Å². The van der Waals surface area contributed by atoms with Crippen LogP contribution in [0.2, 0.25) is 0 Å². The second-order valence-corrected chi connectivity index (χ2v) is 7.86. The third-order valence-corrected chi connectivity index (χ3v) is 5.78. The summed E-state index contributed by atoms with van der Waals surface area (Å²) in [6, 6.07) is 7.47. The summed E-state index contributed by atoms with van der Waals surface area (Å²) in [5.74, 6) is 0.989. The van der Waals surface area contributed by atoms with Crippen LogP contribution in [-0.2, 0) is 14.4 Å². The molecule has 2 rings (SSSR count). The molecule has 1 heterocycles. The van der Waals surface area contributed by atoms with Crippen molar-refractivity contribution >= 4 is 39.2 Å². The summed E-state index contributed by atoms with van der Waals surface area (Å²) < 4.78 is 5.12. The number of nitrogens with one attached hydrogen (secondary N) is 1. The van der Waals surface area contributed by atoms with E-state index < -0.39 is 5.97 Å². The zero-order valence-corrected chi connectivity index (χ0v) is 15.4. The maximum atomic E-state index is 12.1. The fourth-order valence-electron chi connectivity index (χ4n) is 2.06. The van der Waals surface area contributed by atoms with Crippen molar-refractivity contribution in [3.63, 3.8) is 0 Å².